The number of ether oxygens (including phenoxy) is 1. The minimum atomic E-state index is 0. The fourth-order valence-corrected chi connectivity index (χ4v) is 4.49. The fourth-order valence-electron chi connectivity index (χ4n) is 4.49. The zero-order valence-electron chi connectivity index (χ0n) is 15.9. The van der Waals surface area contributed by atoms with Crippen LogP contribution in [0.5, 0.6) is 0 Å². The Morgan fingerprint density at radius 3 is 2.36 bits per heavy atom. The minimum absolute atomic E-state index is 0. The van der Waals surface area contributed by atoms with Crippen LogP contribution in [0.4, 0.5) is 0 Å². The molecule has 3 aliphatic rings. The summed E-state index contributed by atoms with van der Waals surface area (Å²) in [6.07, 6.45) is 9.18. The van der Waals surface area contributed by atoms with E-state index in [0.717, 1.165) is 57.8 Å². The molecule has 146 valence electrons. The molecule has 0 bridgehead atoms. The summed E-state index contributed by atoms with van der Waals surface area (Å²) in [4.78, 5) is 9.78. The number of guanidine groups is 1. The highest BCUT2D eigenvalue weighted by Gasteiger charge is 2.34. The molecule has 3 fully saturated rings. The van der Waals surface area contributed by atoms with Crippen LogP contribution in [-0.2, 0) is 4.74 Å². The summed E-state index contributed by atoms with van der Waals surface area (Å²) in [7, 11) is 0. The van der Waals surface area contributed by atoms with Gasteiger partial charge >= 0.3 is 0 Å². The Morgan fingerprint density at radius 1 is 1.08 bits per heavy atom. The maximum atomic E-state index is 6.35. The SMILES string of the molecule is CC1CCN(C(N)=NCC2(CN3CCOCC3)CCCCC2)CC1.I. The third-order valence-corrected chi connectivity index (χ3v) is 6.26. The van der Waals surface area contributed by atoms with Crippen molar-refractivity contribution in [1.29, 1.82) is 0 Å². The lowest BCUT2D eigenvalue weighted by Gasteiger charge is -2.41. The molecular formula is C19H37IN4O. The smallest absolute Gasteiger partial charge is 0.191 e. The fraction of sp³-hybridized carbons (Fsp3) is 0.947. The number of hydrogen-bond donors (Lipinski definition) is 1. The average Bonchev–Trinajstić information content (AvgIpc) is 2.62. The largest absolute Gasteiger partial charge is 0.379 e. The molecule has 1 aliphatic carbocycles. The topological polar surface area (TPSA) is 54.1 Å². The van der Waals surface area contributed by atoms with Gasteiger partial charge in [-0.1, -0.05) is 26.2 Å². The second-order valence-corrected chi connectivity index (χ2v) is 8.29. The van der Waals surface area contributed by atoms with Crippen molar-refractivity contribution in [2.24, 2.45) is 22.1 Å². The molecule has 0 atom stereocenters. The number of piperidine rings is 1. The van der Waals surface area contributed by atoms with Gasteiger partial charge in [-0.05, 0) is 31.6 Å². The molecule has 3 rings (SSSR count). The first-order chi connectivity index (χ1) is 11.7. The van der Waals surface area contributed by atoms with E-state index in [-0.39, 0.29) is 24.0 Å². The van der Waals surface area contributed by atoms with Crippen molar-refractivity contribution < 1.29 is 4.74 Å². The van der Waals surface area contributed by atoms with Gasteiger partial charge in [0.05, 0.1) is 13.2 Å². The molecule has 0 amide bonds. The van der Waals surface area contributed by atoms with Crippen LogP contribution in [-0.4, -0.2) is 68.2 Å². The van der Waals surface area contributed by atoms with Crippen molar-refractivity contribution in [3.05, 3.63) is 0 Å². The number of hydrogen-bond acceptors (Lipinski definition) is 3. The molecule has 1 saturated carbocycles. The molecule has 5 nitrogen and oxygen atoms in total. The number of rotatable bonds is 4. The van der Waals surface area contributed by atoms with Crippen LogP contribution in [0.25, 0.3) is 0 Å². The maximum Gasteiger partial charge on any atom is 0.191 e. The quantitative estimate of drug-likeness (QED) is 0.395. The van der Waals surface area contributed by atoms with Crippen LogP contribution in [0.1, 0.15) is 51.9 Å². The van der Waals surface area contributed by atoms with E-state index in [9.17, 15) is 0 Å². The van der Waals surface area contributed by atoms with Gasteiger partial charge in [0, 0.05) is 44.7 Å². The lowest BCUT2D eigenvalue weighted by Crippen LogP contribution is -2.47. The molecule has 2 aliphatic heterocycles. The number of aliphatic imine (C=N–C) groups is 1. The predicted molar refractivity (Wildman–Crippen MR) is 115 cm³/mol. The Balaban J connectivity index is 0.00000225. The van der Waals surface area contributed by atoms with Crippen molar-refractivity contribution in [2.45, 2.75) is 51.9 Å². The Morgan fingerprint density at radius 2 is 1.72 bits per heavy atom. The lowest BCUT2D eigenvalue weighted by atomic mass is 9.73. The summed E-state index contributed by atoms with van der Waals surface area (Å²) in [6.45, 7) is 10.5. The van der Waals surface area contributed by atoms with Gasteiger partial charge in [-0.25, -0.2) is 0 Å². The predicted octanol–water partition coefficient (Wildman–Crippen LogP) is 2.93. The van der Waals surface area contributed by atoms with E-state index in [1.807, 2.05) is 0 Å². The second kappa shape index (κ2) is 10.3. The van der Waals surface area contributed by atoms with Crippen LogP contribution < -0.4 is 5.73 Å². The first-order valence-corrected chi connectivity index (χ1v) is 10.0. The summed E-state index contributed by atoms with van der Waals surface area (Å²) in [5.74, 6) is 1.62. The van der Waals surface area contributed by atoms with Crippen LogP contribution in [0.15, 0.2) is 4.99 Å². The molecule has 0 unspecified atom stereocenters. The van der Waals surface area contributed by atoms with Gasteiger partial charge in [0.2, 0.25) is 0 Å². The average molecular weight is 464 g/mol. The zero-order chi connectivity index (χ0) is 16.8. The summed E-state index contributed by atoms with van der Waals surface area (Å²) < 4.78 is 5.51. The molecule has 2 heterocycles. The molecule has 25 heavy (non-hydrogen) atoms. The monoisotopic (exact) mass is 464 g/mol. The lowest BCUT2D eigenvalue weighted by molar-refractivity contribution is 0.00933. The van der Waals surface area contributed by atoms with E-state index in [2.05, 4.69) is 16.7 Å². The summed E-state index contributed by atoms with van der Waals surface area (Å²) >= 11 is 0. The summed E-state index contributed by atoms with van der Waals surface area (Å²) in [5, 5.41) is 0. The van der Waals surface area contributed by atoms with Gasteiger partial charge in [0.25, 0.3) is 0 Å². The molecule has 0 spiro atoms. The highest BCUT2D eigenvalue weighted by atomic mass is 127. The highest BCUT2D eigenvalue weighted by molar-refractivity contribution is 14.0. The standard InChI is InChI=1S/C19H36N4O.HI/c1-17-5-9-23(10-6-17)18(20)21-15-19(7-3-2-4-8-19)16-22-11-13-24-14-12-22;/h17H,2-16H2,1H3,(H2,20,21);1H. The Hall–Kier alpha value is -0.0800. The van der Waals surface area contributed by atoms with Crippen LogP contribution in [0.3, 0.4) is 0 Å². The first-order valence-electron chi connectivity index (χ1n) is 10.0. The Labute approximate surface area is 170 Å². The zero-order valence-corrected chi connectivity index (χ0v) is 18.2. The van der Waals surface area contributed by atoms with Crippen molar-refractivity contribution in [3.63, 3.8) is 0 Å². The van der Waals surface area contributed by atoms with Gasteiger partial charge in [-0.15, -0.1) is 24.0 Å². The van der Waals surface area contributed by atoms with Crippen molar-refractivity contribution in [2.75, 3.05) is 52.5 Å². The Kier molecular flexibility index (Phi) is 8.75. The second-order valence-electron chi connectivity index (χ2n) is 8.29. The third kappa shape index (κ3) is 6.24. The van der Waals surface area contributed by atoms with Crippen molar-refractivity contribution >= 4 is 29.9 Å². The van der Waals surface area contributed by atoms with Crippen molar-refractivity contribution in [1.82, 2.24) is 9.80 Å². The molecular weight excluding hydrogens is 427 g/mol. The number of nitrogens with two attached hydrogens (primary N) is 1. The van der Waals surface area contributed by atoms with Crippen LogP contribution >= 0.6 is 24.0 Å². The van der Waals surface area contributed by atoms with Gasteiger partial charge in [-0.3, -0.25) is 9.89 Å². The molecule has 0 radical (unpaired) electrons. The third-order valence-electron chi connectivity index (χ3n) is 6.26. The number of halogens is 1. The van der Waals surface area contributed by atoms with Gasteiger partial charge in [0.15, 0.2) is 5.96 Å². The van der Waals surface area contributed by atoms with Gasteiger partial charge in [-0.2, -0.15) is 0 Å². The Bertz CT molecular complexity index is 412. The number of likely N-dealkylation sites (tertiary alicyclic amines) is 1. The summed E-state index contributed by atoms with van der Waals surface area (Å²) in [6, 6.07) is 0. The van der Waals surface area contributed by atoms with E-state index in [4.69, 9.17) is 15.5 Å². The number of nitrogens with zero attached hydrogens (tertiary/aromatic N) is 3. The molecule has 0 aromatic rings. The minimum Gasteiger partial charge on any atom is -0.379 e. The van der Waals surface area contributed by atoms with E-state index < -0.39 is 0 Å². The molecule has 6 heteroatoms. The first kappa shape index (κ1) is 21.2. The van der Waals surface area contributed by atoms with Gasteiger partial charge < -0.3 is 15.4 Å². The molecule has 0 aromatic heterocycles. The van der Waals surface area contributed by atoms with E-state index in [1.165, 1.54) is 51.5 Å². The van der Waals surface area contributed by atoms with E-state index >= 15 is 0 Å². The van der Waals surface area contributed by atoms with Crippen molar-refractivity contribution in [3.8, 4) is 0 Å². The molecule has 2 N–H and O–H groups in total. The normalized spacial score (nSPS) is 26.3. The van der Waals surface area contributed by atoms with E-state index in [1.54, 1.807) is 0 Å². The highest BCUT2D eigenvalue weighted by Crippen LogP contribution is 2.37. The number of morpholine rings is 1. The van der Waals surface area contributed by atoms with Crippen LogP contribution in [0, 0.1) is 11.3 Å². The molecule has 0 aromatic carbocycles. The maximum absolute atomic E-state index is 6.35. The van der Waals surface area contributed by atoms with Crippen LogP contribution in [0.2, 0.25) is 0 Å². The van der Waals surface area contributed by atoms with E-state index in [0.29, 0.717) is 5.41 Å². The van der Waals surface area contributed by atoms with Gasteiger partial charge in [0.1, 0.15) is 0 Å². The molecule has 2 saturated heterocycles. The summed E-state index contributed by atoms with van der Waals surface area (Å²) in [5.41, 5.74) is 6.68.